The van der Waals surface area contributed by atoms with E-state index in [-0.39, 0.29) is 0 Å². The average molecular weight is 329 g/mol. The first-order chi connectivity index (χ1) is 10.3. The van der Waals surface area contributed by atoms with Gasteiger partial charge in [-0.1, -0.05) is 0 Å². The van der Waals surface area contributed by atoms with E-state index in [9.17, 15) is 20.4 Å². The van der Waals surface area contributed by atoms with Crippen molar-refractivity contribution in [2.45, 2.75) is 29.7 Å². The van der Waals surface area contributed by atoms with E-state index in [1.165, 1.54) is 0 Å². The average Bonchev–Trinajstić information content (AvgIpc) is 2.54. The van der Waals surface area contributed by atoms with E-state index in [1.807, 2.05) is 0 Å². The fourth-order valence-electron chi connectivity index (χ4n) is 2.54. The Balaban J connectivity index is 3.62. The fraction of sp³-hybridized carbons (Fsp3) is 1.00. The zero-order chi connectivity index (χ0) is 17.2. The van der Waals surface area contributed by atoms with Crippen LogP contribution in [0.1, 0.15) is 0 Å². The summed E-state index contributed by atoms with van der Waals surface area (Å²) in [5.74, 6) is -5.42. The normalized spacial score (nSPS) is 42.8. The lowest BCUT2D eigenvalue weighted by molar-refractivity contribution is -0.613. The summed E-state index contributed by atoms with van der Waals surface area (Å²) in [5.41, 5.74) is -2.53. The Bertz CT molecular complexity index is 369. The first-order valence-corrected chi connectivity index (χ1v) is 6.23. The minimum Gasteiger partial charge on any atom is -0.394 e. The van der Waals surface area contributed by atoms with E-state index < -0.39 is 36.3 Å². The lowest BCUT2D eigenvalue weighted by Gasteiger charge is -2.58. The van der Waals surface area contributed by atoms with Crippen LogP contribution in [0.5, 0.6) is 0 Å². The molecule has 11 heteroatoms. The molecule has 1 aliphatic heterocycles. The van der Waals surface area contributed by atoms with E-state index in [0.717, 1.165) is 35.5 Å². The van der Waals surface area contributed by atoms with Gasteiger partial charge in [-0.2, -0.15) is 0 Å². The molecule has 11 nitrogen and oxygen atoms in total. The molecule has 132 valence electrons. The Labute approximate surface area is 127 Å². The number of hydroxylamine groups is 2. The quantitative estimate of drug-likeness (QED) is 0.283. The molecule has 1 unspecified atom stereocenters. The summed E-state index contributed by atoms with van der Waals surface area (Å²) in [6.45, 7) is -0.752. The molecular formula is C11H23NO10. The van der Waals surface area contributed by atoms with Crippen molar-refractivity contribution in [2.24, 2.45) is 0 Å². The van der Waals surface area contributed by atoms with Gasteiger partial charge in [0.1, 0.15) is 12.2 Å². The summed E-state index contributed by atoms with van der Waals surface area (Å²) in [5, 5.41) is 41.6. The lowest BCUT2D eigenvalue weighted by atomic mass is 9.87. The van der Waals surface area contributed by atoms with Crippen LogP contribution in [-0.2, 0) is 28.6 Å². The highest BCUT2D eigenvalue weighted by atomic mass is 17.0. The summed E-state index contributed by atoms with van der Waals surface area (Å²) in [6, 6.07) is 0. The van der Waals surface area contributed by atoms with Crippen LogP contribution in [0.2, 0.25) is 0 Å². The van der Waals surface area contributed by atoms with Gasteiger partial charge in [-0.25, -0.2) is 0 Å². The van der Waals surface area contributed by atoms with E-state index >= 15 is 0 Å². The molecule has 0 aromatic rings. The van der Waals surface area contributed by atoms with Crippen LogP contribution in [0.4, 0.5) is 0 Å². The Morgan fingerprint density at radius 2 is 1.55 bits per heavy atom. The largest absolute Gasteiger partial charge is 0.394 e. The Morgan fingerprint density at radius 3 is 1.86 bits per heavy atom. The van der Waals surface area contributed by atoms with Gasteiger partial charge in [0.25, 0.3) is 5.79 Å². The number of ether oxygens (including phenoxy) is 4. The molecule has 0 aromatic carbocycles. The van der Waals surface area contributed by atoms with Crippen LogP contribution in [-0.4, -0.2) is 97.5 Å². The predicted molar refractivity (Wildman–Crippen MR) is 67.5 cm³/mol. The number of rotatable bonds is 7. The van der Waals surface area contributed by atoms with Crippen molar-refractivity contribution in [3.63, 3.8) is 0 Å². The van der Waals surface area contributed by atoms with Gasteiger partial charge >= 0.3 is 11.7 Å². The molecule has 0 saturated carbocycles. The van der Waals surface area contributed by atoms with Crippen molar-refractivity contribution < 1.29 is 49.0 Å². The van der Waals surface area contributed by atoms with E-state index in [1.54, 1.807) is 0 Å². The third-order valence-electron chi connectivity index (χ3n) is 3.63. The van der Waals surface area contributed by atoms with Gasteiger partial charge < -0.3 is 39.4 Å². The summed E-state index contributed by atoms with van der Waals surface area (Å²) in [4.78, 5) is 9.79. The van der Waals surface area contributed by atoms with Crippen molar-refractivity contribution >= 4 is 0 Å². The van der Waals surface area contributed by atoms with Crippen molar-refractivity contribution in [1.82, 2.24) is 5.23 Å². The number of aliphatic hydroxyl groups is 4. The Kier molecular flexibility index (Phi) is 6.22. The molecule has 0 spiro atoms. The van der Waals surface area contributed by atoms with E-state index in [4.69, 9.17) is 28.6 Å². The third kappa shape index (κ3) is 2.35. The second-order valence-electron chi connectivity index (χ2n) is 4.44. The minimum absolute atomic E-state index is 0.497. The maximum atomic E-state index is 10.8. The zero-order valence-electron chi connectivity index (χ0n) is 13.0. The fourth-order valence-corrected chi connectivity index (χ4v) is 2.54. The van der Waals surface area contributed by atoms with Gasteiger partial charge in [0.2, 0.25) is 0 Å². The van der Waals surface area contributed by atoms with Gasteiger partial charge in [0, 0.05) is 21.3 Å². The highest BCUT2D eigenvalue weighted by molar-refractivity contribution is 5.07. The second-order valence-corrected chi connectivity index (χ2v) is 4.44. The van der Waals surface area contributed by atoms with E-state index in [0.29, 0.717) is 5.23 Å². The lowest BCUT2D eigenvalue weighted by Crippen LogP contribution is -2.85. The van der Waals surface area contributed by atoms with Crippen molar-refractivity contribution in [2.75, 3.05) is 42.2 Å². The van der Waals surface area contributed by atoms with Crippen molar-refractivity contribution in [1.29, 1.82) is 0 Å². The second kappa shape index (κ2) is 6.98. The molecule has 1 saturated heterocycles. The van der Waals surface area contributed by atoms with Crippen LogP contribution in [0.3, 0.4) is 0 Å². The number of aliphatic hydroxyl groups excluding tert-OH is 2. The van der Waals surface area contributed by atoms with Crippen LogP contribution >= 0.6 is 0 Å². The van der Waals surface area contributed by atoms with Gasteiger partial charge in [0.05, 0.1) is 20.8 Å². The first-order valence-electron chi connectivity index (χ1n) is 6.23. The van der Waals surface area contributed by atoms with Gasteiger partial charge in [-0.15, -0.1) is 0 Å². The summed E-state index contributed by atoms with van der Waals surface area (Å²) in [7, 11) is 5.42. The highest BCUT2D eigenvalue weighted by Crippen LogP contribution is 2.48. The smallest absolute Gasteiger partial charge is 0.336 e. The standard InChI is InChI=1S/C11H23NO10/c1-17-9(15)8(14)7(6-13)22-11(16,19-3)10(9,18-2)12(20-4)21-5/h7-8,13-16H,6H2,1-5H3/t7-,8-,9-,10+,11?/m1/s1. The zero-order valence-corrected chi connectivity index (χ0v) is 13.0. The molecule has 1 aliphatic rings. The first kappa shape index (κ1) is 19.6. The van der Waals surface area contributed by atoms with Crippen LogP contribution in [0, 0.1) is 0 Å². The molecule has 0 radical (unpaired) electrons. The van der Waals surface area contributed by atoms with Gasteiger partial charge in [-0.3, -0.25) is 9.68 Å². The predicted octanol–water partition coefficient (Wildman–Crippen LogP) is -2.87. The molecule has 0 bridgehead atoms. The summed E-state index contributed by atoms with van der Waals surface area (Å²) >= 11 is 0. The van der Waals surface area contributed by atoms with Gasteiger partial charge in [-0.05, 0) is 5.23 Å². The maximum Gasteiger partial charge on any atom is 0.336 e. The number of methoxy groups -OCH3 is 3. The minimum atomic E-state index is -2.74. The summed E-state index contributed by atoms with van der Waals surface area (Å²) in [6.07, 6.45) is -3.31. The monoisotopic (exact) mass is 329 g/mol. The molecule has 1 heterocycles. The van der Waals surface area contributed by atoms with E-state index in [2.05, 4.69) is 0 Å². The van der Waals surface area contributed by atoms with Crippen molar-refractivity contribution in [3.8, 4) is 0 Å². The number of hydrogen-bond acceptors (Lipinski definition) is 11. The van der Waals surface area contributed by atoms with Crippen molar-refractivity contribution in [3.05, 3.63) is 0 Å². The molecule has 0 aromatic heterocycles. The molecule has 0 aliphatic carbocycles. The Hall–Kier alpha value is -0.440. The number of nitrogens with zero attached hydrogens (tertiary/aromatic N) is 1. The Morgan fingerprint density at radius 1 is 1.00 bits per heavy atom. The topological polar surface area (TPSA) is 140 Å². The van der Waals surface area contributed by atoms with Gasteiger partial charge in [0.15, 0.2) is 0 Å². The van der Waals surface area contributed by atoms with Crippen LogP contribution in [0.15, 0.2) is 0 Å². The highest BCUT2D eigenvalue weighted by Gasteiger charge is 2.79. The molecule has 22 heavy (non-hydrogen) atoms. The summed E-state index contributed by atoms with van der Waals surface area (Å²) < 4.78 is 20.2. The SMILES string of the molecule is CON(OC)[C@@]1(OC)C(O)(OC)O[C@H](CO)[C@@H](O)[C@@]1(O)OC. The molecule has 1 rings (SSSR count). The molecular weight excluding hydrogens is 306 g/mol. The maximum absolute atomic E-state index is 10.8. The molecule has 1 fully saturated rings. The van der Waals surface area contributed by atoms with Crippen LogP contribution < -0.4 is 0 Å². The number of hydrogen-bond donors (Lipinski definition) is 4. The van der Waals surface area contributed by atoms with Crippen LogP contribution in [0.25, 0.3) is 0 Å². The third-order valence-corrected chi connectivity index (χ3v) is 3.63. The molecule has 0 amide bonds. The molecule has 5 atom stereocenters. The molecule has 4 N–H and O–H groups in total.